The fourth-order valence-electron chi connectivity index (χ4n) is 4.21. The zero-order chi connectivity index (χ0) is 25.6. The lowest BCUT2D eigenvalue weighted by atomic mass is 9.79. The van der Waals surface area contributed by atoms with Crippen LogP contribution in [0, 0.1) is 17.8 Å². The molecule has 0 radical (unpaired) electrons. The zero-order valence-corrected chi connectivity index (χ0v) is 19.0. The topological polar surface area (TPSA) is 74.0 Å². The number of carbonyl (C=O) groups is 1. The van der Waals surface area contributed by atoms with E-state index >= 15 is 0 Å². The summed E-state index contributed by atoms with van der Waals surface area (Å²) in [6.07, 6.45) is -0.709. The maximum absolute atomic E-state index is 12.9. The Balaban J connectivity index is 2.13. The molecule has 0 spiro atoms. The average molecular weight is 423 g/mol. The Morgan fingerprint density at radius 3 is 2.53 bits per heavy atom. The van der Waals surface area contributed by atoms with Crippen molar-refractivity contribution in [2.75, 3.05) is 27.3 Å². The van der Waals surface area contributed by atoms with Gasteiger partial charge in [0.25, 0.3) is 0 Å². The Bertz CT molecular complexity index is 944. The van der Waals surface area contributed by atoms with Gasteiger partial charge in [-0.2, -0.15) is 0 Å². The van der Waals surface area contributed by atoms with Crippen LogP contribution in [0.15, 0.2) is 12.1 Å². The van der Waals surface area contributed by atoms with Crippen LogP contribution in [0.4, 0.5) is 0 Å². The number of esters is 1. The van der Waals surface area contributed by atoms with E-state index in [0.717, 1.165) is 0 Å². The molecule has 1 aromatic rings. The number of benzene rings is 1. The lowest BCUT2D eigenvalue weighted by Gasteiger charge is -2.47. The number of methoxy groups -OCH3 is 2. The van der Waals surface area contributed by atoms with Crippen molar-refractivity contribution in [1.29, 1.82) is 0 Å². The smallest absolute Gasteiger partial charge is 0.323 e. The highest BCUT2D eigenvalue weighted by Gasteiger charge is 2.41. The predicted octanol–water partition coefficient (Wildman–Crippen LogP) is 3.56. The maximum Gasteiger partial charge on any atom is 0.323 e. The minimum Gasteiger partial charge on any atom is -0.493 e. The predicted molar refractivity (Wildman–Crippen MR) is 118 cm³/mol. The number of hydrogen-bond acceptors (Lipinski definition) is 6. The number of rotatable bonds is 7. The van der Waals surface area contributed by atoms with Gasteiger partial charge >= 0.3 is 5.97 Å². The third-order valence-corrected chi connectivity index (χ3v) is 5.94. The largest absolute Gasteiger partial charge is 0.493 e. The van der Waals surface area contributed by atoms with E-state index in [1.807, 2.05) is 18.7 Å². The molecule has 1 aromatic carbocycles. The average Bonchev–Trinajstić information content (AvgIpc) is 2.74. The van der Waals surface area contributed by atoms with Crippen molar-refractivity contribution in [3.05, 3.63) is 23.2 Å². The van der Waals surface area contributed by atoms with Crippen LogP contribution >= 0.6 is 0 Å². The summed E-state index contributed by atoms with van der Waals surface area (Å²) in [7, 11) is 2.83. The number of nitrogens with zero attached hydrogens (tertiary/aromatic N) is 1. The van der Waals surface area contributed by atoms with E-state index in [1.165, 1.54) is 14.2 Å². The van der Waals surface area contributed by atoms with Gasteiger partial charge in [0.2, 0.25) is 0 Å². The van der Waals surface area contributed by atoms with Crippen LogP contribution < -0.4 is 15.2 Å². The second-order valence-corrected chi connectivity index (χ2v) is 8.97. The van der Waals surface area contributed by atoms with Crippen molar-refractivity contribution in [1.82, 2.24) is 4.90 Å². The van der Waals surface area contributed by atoms with Crippen LogP contribution in [0.3, 0.4) is 0 Å². The molecule has 0 aromatic heterocycles. The summed E-state index contributed by atoms with van der Waals surface area (Å²) in [5.74, 6) is -0.588. The first-order valence-electron chi connectivity index (χ1n) is 12.8. The molecule has 168 valence electrons. The number of ether oxygens (including phenoxy) is 3. The van der Waals surface area contributed by atoms with Crippen LogP contribution in [-0.4, -0.2) is 50.3 Å². The van der Waals surface area contributed by atoms with Gasteiger partial charge in [-0.15, -0.1) is 0 Å². The van der Waals surface area contributed by atoms with E-state index in [4.69, 9.17) is 22.7 Å². The van der Waals surface area contributed by atoms with Gasteiger partial charge in [-0.1, -0.05) is 27.7 Å². The van der Waals surface area contributed by atoms with Crippen LogP contribution in [0.25, 0.3) is 0 Å². The summed E-state index contributed by atoms with van der Waals surface area (Å²) in [6, 6.07) is -2.33. The Labute approximate surface area is 186 Å². The fourth-order valence-corrected chi connectivity index (χ4v) is 4.21. The van der Waals surface area contributed by atoms with Crippen molar-refractivity contribution < 1.29 is 24.5 Å². The van der Waals surface area contributed by atoms with Gasteiger partial charge < -0.3 is 19.9 Å². The van der Waals surface area contributed by atoms with Crippen LogP contribution in [0.1, 0.15) is 63.2 Å². The first-order chi connectivity index (χ1) is 15.8. The summed E-state index contributed by atoms with van der Waals surface area (Å²) >= 11 is 0. The standard InChI is InChI=1S/C24H38N2O4/c1-14(2)9-17-13-26-8-7-16-10-21(28-5)22(29-6)11-18(16)19(26)12-20(17)30-24(27)23(25)15(3)4/h10-11,14-15,17,19-20,23H,7-9,12-13,25H2,1-6H3/t17?,19?,20?,23-/m0/s1/i10D,11D,19D,20D. The molecular formula is C24H38N2O4. The Morgan fingerprint density at radius 2 is 1.93 bits per heavy atom. The van der Waals surface area contributed by atoms with Gasteiger partial charge in [0.05, 0.1) is 19.7 Å². The van der Waals surface area contributed by atoms with Gasteiger partial charge in [-0.3, -0.25) is 9.69 Å². The molecule has 0 amide bonds. The quantitative estimate of drug-likeness (QED) is 0.677. The molecule has 4 atom stereocenters. The van der Waals surface area contributed by atoms with Gasteiger partial charge in [0.15, 0.2) is 11.5 Å². The van der Waals surface area contributed by atoms with Crippen LogP contribution in [0.2, 0.25) is 0 Å². The molecule has 0 aliphatic carbocycles. The molecule has 2 heterocycles. The van der Waals surface area contributed by atoms with Crippen LogP contribution in [0.5, 0.6) is 11.5 Å². The van der Waals surface area contributed by atoms with Gasteiger partial charge in [-0.05, 0) is 47.9 Å². The fraction of sp³-hybridized carbons (Fsp3) is 0.708. The second kappa shape index (κ2) is 9.56. The molecule has 0 saturated carbocycles. The highest BCUT2D eigenvalue weighted by atomic mass is 16.5. The molecule has 2 aliphatic rings. The first-order valence-corrected chi connectivity index (χ1v) is 10.8. The van der Waals surface area contributed by atoms with E-state index in [9.17, 15) is 7.54 Å². The molecule has 1 fully saturated rings. The molecular weight excluding hydrogens is 380 g/mol. The molecule has 30 heavy (non-hydrogen) atoms. The number of nitrogens with two attached hydrogens (primary N) is 1. The second-order valence-electron chi connectivity index (χ2n) is 8.97. The number of carbonyl (C=O) groups excluding carboxylic acids is 1. The minimum absolute atomic E-state index is 0.0279. The summed E-state index contributed by atoms with van der Waals surface area (Å²) in [5, 5.41) is 0. The Hall–Kier alpha value is -1.79. The van der Waals surface area contributed by atoms with E-state index in [1.54, 1.807) is 0 Å². The van der Waals surface area contributed by atoms with Crippen molar-refractivity contribution in [3.8, 4) is 11.5 Å². The third-order valence-electron chi connectivity index (χ3n) is 5.94. The Morgan fingerprint density at radius 1 is 1.27 bits per heavy atom. The zero-order valence-electron chi connectivity index (χ0n) is 23.0. The Kier molecular flexibility index (Phi) is 5.69. The SMILES string of the molecule is [2H]c1c2c(c([2H])c(OC)c1OC)C1([2H])CC([2H])(OC(=O)[C@@H](N)C(C)C)C(CC(C)C)CN1CC2. The van der Waals surface area contributed by atoms with Gasteiger partial charge in [0.1, 0.15) is 12.1 Å². The number of fused-ring (bicyclic) bond motifs is 3. The lowest BCUT2D eigenvalue weighted by Crippen LogP contribution is -2.51. The summed E-state index contributed by atoms with van der Waals surface area (Å²) < 4.78 is 52.9. The van der Waals surface area contributed by atoms with E-state index in [0.29, 0.717) is 37.1 Å². The highest BCUT2D eigenvalue weighted by Crippen LogP contribution is 2.44. The summed E-state index contributed by atoms with van der Waals surface area (Å²) in [6.45, 7) is 8.63. The first kappa shape index (κ1) is 17.8. The third kappa shape index (κ3) is 4.75. The molecule has 1 saturated heterocycles. The van der Waals surface area contributed by atoms with Crippen molar-refractivity contribution in [2.24, 2.45) is 23.5 Å². The molecule has 6 heteroatoms. The molecule has 0 bridgehead atoms. The van der Waals surface area contributed by atoms with Crippen molar-refractivity contribution in [3.63, 3.8) is 0 Å². The lowest BCUT2D eigenvalue weighted by molar-refractivity contribution is -0.160. The van der Waals surface area contributed by atoms with Crippen LogP contribution in [-0.2, 0) is 16.0 Å². The molecule has 6 nitrogen and oxygen atoms in total. The summed E-state index contributed by atoms with van der Waals surface area (Å²) in [5.41, 5.74) is 6.91. The maximum atomic E-state index is 12.9. The number of piperidine rings is 1. The molecule has 3 rings (SSSR count). The minimum atomic E-state index is -1.69. The van der Waals surface area contributed by atoms with E-state index in [-0.39, 0.29) is 47.8 Å². The van der Waals surface area contributed by atoms with E-state index in [2.05, 4.69) is 13.8 Å². The molecule has 2 N–H and O–H groups in total. The molecule has 2 aliphatic heterocycles. The summed E-state index contributed by atoms with van der Waals surface area (Å²) in [4.78, 5) is 14.8. The van der Waals surface area contributed by atoms with Crippen molar-refractivity contribution in [2.45, 2.75) is 65.1 Å². The van der Waals surface area contributed by atoms with Gasteiger partial charge in [0, 0.05) is 31.4 Å². The molecule has 3 unspecified atom stereocenters. The monoisotopic (exact) mass is 422 g/mol. The highest BCUT2D eigenvalue weighted by molar-refractivity contribution is 5.76. The van der Waals surface area contributed by atoms with Crippen molar-refractivity contribution >= 4 is 5.97 Å². The van der Waals surface area contributed by atoms with Gasteiger partial charge in [-0.25, -0.2) is 0 Å². The normalized spacial score (nSPS) is 31.7. The number of hydrogen-bond donors (Lipinski definition) is 1. The van der Waals surface area contributed by atoms with E-state index < -0.39 is 24.1 Å².